The summed E-state index contributed by atoms with van der Waals surface area (Å²) in [5, 5.41) is 10.6. The van der Waals surface area contributed by atoms with Crippen LogP contribution in [-0.2, 0) is 11.4 Å². The summed E-state index contributed by atoms with van der Waals surface area (Å²) in [4.78, 5) is 5.09. The monoisotopic (exact) mass is 311 g/mol. The van der Waals surface area contributed by atoms with Gasteiger partial charge in [-0.05, 0) is 28.0 Å². The van der Waals surface area contributed by atoms with Crippen molar-refractivity contribution >= 4 is 27.6 Å². The van der Waals surface area contributed by atoms with Crippen LogP contribution >= 0.6 is 15.9 Å². The van der Waals surface area contributed by atoms with Gasteiger partial charge in [0, 0.05) is 4.47 Å². The Morgan fingerprint density at radius 3 is 2.94 bits per heavy atom. The highest BCUT2D eigenvalue weighted by atomic mass is 79.9. The molecule has 8 heteroatoms. The van der Waals surface area contributed by atoms with Gasteiger partial charge in [-0.2, -0.15) is 0 Å². The van der Waals surface area contributed by atoms with Crippen LogP contribution in [0.15, 0.2) is 38.5 Å². The smallest absolute Gasteiger partial charge is 0.199 e. The second kappa shape index (κ2) is 5.50. The summed E-state index contributed by atoms with van der Waals surface area (Å²) in [5.74, 6) is 0.0889. The molecular weight excluding hydrogens is 302 g/mol. The van der Waals surface area contributed by atoms with E-state index in [1.165, 1.54) is 0 Å². The molecule has 94 valence electrons. The van der Waals surface area contributed by atoms with Gasteiger partial charge in [0.15, 0.2) is 17.3 Å². The van der Waals surface area contributed by atoms with E-state index in [0.717, 1.165) is 10.0 Å². The number of nitrogens with zero attached hydrogens (tertiary/aromatic N) is 3. The Bertz CT molecular complexity index is 569. The van der Waals surface area contributed by atoms with E-state index >= 15 is 0 Å². The zero-order chi connectivity index (χ0) is 13.0. The first-order valence-electron chi connectivity index (χ1n) is 4.95. The van der Waals surface area contributed by atoms with Crippen molar-refractivity contribution in [2.45, 2.75) is 6.61 Å². The number of oxime groups is 1. The standard InChI is InChI=1S/C10H10BrN5O2/c11-7-3-1-2-6(4-7)5-17-15-9(12)8-10(13)16-18-14-8/h1-4H,5H2,(H2,12,15)(H2,13,16). The molecule has 0 spiro atoms. The number of benzene rings is 1. The first kappa shape index (κ1) is 12.4. The van der Waals surface area contributed by atoms with Crippen LogP contribution in [-0.4, -0.2) is 16.1 Å². The van der Waals surface area contributed by atoms with Gasteiger partial charge in [0.2, 0.25) is 0 Å². The van der Waals surface area contributed by atoms with E-state index in [2.05, 4.69) is 36.0 Å². The highest BCUT2D eigenvalue weighted by Gasteiger charge is 2.10. The Morgan fingerprint density at radius 2 is 2.28 bits per heavy atom. The lowest BCUT2D eigenvalue weighted by molar-refractivity contribution is 0.130. The van der Waals surface area contributed by atoms with Crippen molar-refractivity contribution in [3.63, 3.8) is 0 Å². The number of halogens is 1. The molecule has 0 saturated heterocycles. The van der Waals surface area contributed by atoms with Gasteiger partial charge in [0.1, 0.15) is 6.61 Å². The van der Waals surface area contributed by atoms with Gasteiger partial charge in [0.05, 0.1) is 0 Å². The van der Waals surface area contributed by atoms with Crippen molar-refractivity contribution in [2.24, 2.45) is 10.9 Å². The minimum Gasteiger partial charge on any atom is -0.389 e. The summed E-state index contributed by atoms with van der Waals surface area (Å²) in [7, 11) is 0. The molecule has 4 N–H and O–H groups in total. The Kier molecular flexibility index (Phi) is 3.78. The molecule has 0 amide bonds. The van der Waals surface area contributed by atoms with Crippen LogP contribution in [0, 0.1) is 0 Å². The molecule has 0 aliphatic rings. The van der Waals surface area contributed by atoms with Gasteiger partial charge in [-0.25, -0.2) is 4.63 Å². The maximum atomic E-state index is 5.61. The lowest BCUT2D eigenvalue weighted by Crippen LogP contribution is -2.16. The molecule has 1 aromatic carbocycles. The van der Waals surface area contributed by atoms with Gasteiger partial charge < -0.3 is 16.3 Å². The van der Waals surface area contributed by atoms with E-state index in [1.807, 2.05) is 24.3 Å². The lowest BCUT2D eigenvalue weighted by Gasteiger charge is -2.01. The van der Waals surface area contributed by atoms with E-state index in [1.54, 1.807) is 0 Å². The average Bonchev–Trinajstić information content (AvgIpc) is 2.75. The third kappa shape index (κ3) is 2.98. The van der Waals surface area contributed by atoms with E-state index in [4.69, 9.17) is 16.3 Å². The third-order valence-corrected chi connectivity index (χ3v) is 2.53. The summed E-state index contributed by atoms with van der Waals surface area (Å²) in [5.41, 5.74) is 12.2. The number of hydrogen-bond acceptors (Lipinski definition) is 6. The van der Waals surface area contributed by atoms with Gasteiger partial charge in [-0.1, -0.05) is 33.2 Å². The maximum absolute atomic E-state index is 5.61. The molecule has 0 aliphatic carbocycles. The largest absolute Gasteiger partial charge is 0.389 e. The normalized spacial score (nSPS) is 11.5. The molecule has 2 rings (SSSR count). The Hall–Kier alpha value is -2.09. The zero-order valence-corrected chi connectivity index (χ0v) is 10.8. The number of aromatic nitrogens is 2. The fraction of sp³-hybridized carbons (Fsp3) is 0.100. The van der Waals surface area contributed by atoms with E-state index in [-0.39, 0.29) is 24.0 Å². The summed E-state index contributed by atoms with van der Waals surface area (Å²) >= 11 is 3.36. The fourth-order valence-corrected chi connectivity index (χ4v) is 1.67. The molecule has 0 unspecified atom stereocenters. The van der Waals surface area contributed by atoms with E-state index < -0.39 is 0 Å². The number of nitrogens with two attached hydrogens (primary N) is 2. The Morgan fingerprint density at radius 1 is 1.44 bits per heavy atom. The first-order chi connectivity index (χ1) is 8.66. The SMILES string of the molecule is N/C(=N\OCc1cccc(Br)c1)c1nonc1N. The minimum absolute atomic E-state index is 0.0174. The van der Waals surface area contributed by atoms with Crippen LogP contribution in [0.1, 0.15) is 11.3 Å². The summed E-state index contributed by atoms with van der Waals surface area (Å²) < 4.78 is 5.36. The second-order valence-electron chi connectivity index (χ2n) is 3.38. The summed E-state index contributed by atoms with van der Waals surface area (Å²) in [6.07, 6.45) is 0. The van der Waals surface area contributed by atoms with E-state index in [9.17, 15) is 0 Å². The number of amidine groups is 1. The number of anilines is 1. The van der Waals surface area contributed by atoms with Gasteiger partial charge >= 0.3 is 0 Å². The van der Waals surface area contributed by atoms with Crippen LogP contribution in [0.4, 0.5) is 5.82 Å². The van der Waals surface area contributed by atoms with E-state index in [0.29, 0.717) is 0 Å². The maximum Gasteiger partial charge on any atom is 0.199 e. The molecule has 0 atom stereocenters. The minimum atomic E-state index is 0.0174. The summed E-state index contributed by atoms with van der Waals surface area (Å²) in [6.45, 7) is 0.283. The van der Waals surface area contributed by atoms with Crippen molar-refractivity contribution in [2.75, 3.05) is 5.73 Å². The van der Waals surface area contributed by atoms with Crippen LogP contribution in [0.5, 0.6) is 0 Å². The molecule has 0 bridgehead atoms. The van der Waals surface area contributed by atoms with Crippen molar-refractivity contribution in [1.29, 1.82) is 0 Å². The van der Waals surface area contributed by atoms with Crippen molar-refractivity contribution in [3.05, 3.63) is 40.0 Å². The molecule has 0 radical (unpaired) electrons. The lowest BCUT2D eigenvalue weighted by atomic mass is 10.2. The molecule has 0 fully saturated rings. The topological polar surface area (TPSA) is 113 Å². The van der Waals surface area contributed by atoms with Crippen molar-refractivity contribution in [1.82, 2.24) is 10.3 Å². The molecule has 0 saturated carbocycles. The molecule has 1 heterocycles. The Labute approximate surface area is 111 Å². The molecule has 1 aromatic heterocycles. The Balaban J connectivity index is 1.98. The zero-order valence-electron chi connectivity index (χ0n) is 9.21. The third-order valence-electron chi connectivity index (χ3n) is 2.04. The highest BCUT2D eigenvalue weighted by Crippen LogP contribution is 2.12. The molecule has 7 nitrogen and oxygen atoms in total. The molecule has 2 aromatic rings. The van der Waals surface area contributed by atoms with Crippen LogP contribution in [0.25, 0.3) is 0 Å². The summed E-state index contributed by atoms with van der Waals surface area (Å²) in [6, 6.07) is 7.64. The van der Waals surface area contributed by atoms with Gasteiger partial charge in [-0.15, -0.1) is 0 Å². The van der Waals surface area contributed by atoms with Crippen molar-refractivity contribution in [3.8, 4) is 0 Å². The fourth-order valence-electron chi connectivity index (χ4n) is 1.22. The predicted molar refractivity (Wildman–Crippen MR) is 68.4 cm³/mol. The van der Waals surface area contributed by atoms with Crippen LogP contribution < -0.4 is 11.5 Å². The first-order valence-corrected chi connectivity index (χ1v) is 5.74. The molecule has 18 heavy (non-hydrogen) atoms. The molecule has 0 aliphatic heterocycles. The molecular formula is C10H10BrN5O2. The number of rotatable bonds is 4. The van der Waals surface area contributed by atoms with Gasteiger partial charge in [-0.3, -0.25) is 0 Å². The highest BCUT2D eigenvalue weighted by molar-refractivity contribution is 9.10. The predicted octanol–water partition coefficient (Wildman–Crippen LogP) is 1.25. The van der Waals surface area contributed by atoms with Crippen LogP contribution in [0.2, 0.25) is 0 Å². The van der Waals surface area contributed by atoms with Crippen molar-refractivity contribution < 1.29 is 9.47 Å². The average molecular weight is 312 g/mol. The number of hydrogen-bond donors (Lipinski definition) is 2. The van der Waals surface area contributed by atoms with Gasteiger partial charge in [0.25, 0.3) is 0 Å². The number of nitrogen functional groups attached to an aromatic ring is 1. The second-order valence-corrected chi connectivity index (χ2v) is 4.29. The quantitative estimate of drug-likeness (QED) is 0.499. The van der Waals surface area contributed by atoms with Crippen LogP contribution in [0.3, 0.4) is 0 Å².